The molecule has 0 radical (unpaired) electrons. The van der Waals surface area contributed by atoms with Gasteiger partial charge in [-0.15, -0.1) is 0 Å². The van der Waals surface area contributed by atoms with Gasteiger partial charge in [-0.25, -0.2) is 15.0 Å². The van der Waals surface area contributed by atoms with Gasteiger partial charge < -0.3 is 13.4 Å². The van der Waals surface area contributed by atoms with Crippen molar-refractivity contribution >= 4 is 65.7 Å². The Balaban J connectivity index is 1.28. The topological polar surface area (TPSA) is 69.9 Å². The summed E-state index contributed by atoms with van der Waals surface area (Å²) in [7, 11) is 0. The quantitative estimate of drug-likeness (QED) is 0.176. The Morgan fingerprint density at radius 3 is 1.89 bits per heavy atom. The highest BCUT2D eigenvalue weighted by molar-refractivity contribution is 6.22. The Morgan fingerprint density at radius 2 is 1.07 bits per heavy atom. The third kappa shape index (κ3) is 4.87. The first-order valence-electron chi connectivity index (χ1n) is 21.9. The molecule has 57 heavy (non-hydrogen) atoms. The summed E-state index contributed by atoms with van der Waals surface area (Å²) < 4.78 is 78.9. The fraction of sp³-hybridized carbons (Fsp3) is 0. The molecule has 0 bridgehead atoms. The highest BCUT2D eigenvalue weighted by Gasteiger charge is 2.24. The maximum Gasteiger partial charge on any atom is 0.166 e. The van der Waals surface area contributed by atoms with Gasteiger partial charge in [-0.1, -0.05) is 145 Å². The molecule has 0 fully saturated rings. The minimum atomic E-state index is -0.273. The van der Waals surface area contributed by atoms with E-state index in [9.17, 15) is 5.48 Å². The molecule has 6 heteroatoms. The van der Waals surface area contributed by atoms with Crippen molar-refractivity contribution in [3.63, 3.8) is 0 Å². The molecule has 0 aliphatic rings. The van der Waals surface area contributed by atoms with Crippen molar-refractivity contribution in [2.75, 3.05) is 0 Å². The lowest BCUT2D eigenvalue weighted by atomic mass is 9.99. The highest BCUT2D eigenvalue weighted by atomic mass is 16.3. The first-order valence-corrected chi connectivity index (χ1v) is 18.4. The van der Waals surface area contributed by atoms with E-state index >= 15 is 0 Å². The lowest BCUT2D eigenvalue weighted by Gasteiger charge is -2.16. The monoisotopic (exact) mass is 737 g/mol. The zero-order chi connectivity index (χ0) is 43.5. The molecule has 0 atom stereocenters. The molecular formula is C51H30N4O2. The van der Waals surface area contributed by atoms with Crippen molar-refractivity contribution < 1.29 is 18.4 Å². The van der Waals surface area contributed by atoms with E-state index in [1.807, 2.05) is 121 Å². The Kier molecular flexibility index (Phi) is 5.48. The van der Waals surface area contributed by atoms with Gasteiger partial charge in [-0.2, -0.15) is 0 Å². The molecule has 4 heterocycles. The zero-order valence-electron chi connectivity index (χ0n) is 36.9. The van der Waals surface area contributed by atoms with Gasteiger partial charge in [0.25, 0.3) is 0 Å². The molecule has 0 unspecified atom stereocenters. The van der Waals surface area contributed by atoms with Crippen LogP contribution in [0, 0.1) is 0 Å². The number of fused-ring (bicyclic) bond motifs is 10. The summed E-state index contributed by atoms with van der Waals surface area (Å²) in [5, 5.41) is 2.52. The summed E-state index contributed by atoms with van der Waals surface area (Å²) >= 11 is 0. The molecule has 4 aromatic heterocycles. The number of benzene rings is 8. The fourth-order valence-electron chi connectivity index (χ4n) is 7.93. The second-order valence-electron chi connectivity index (χ2n) is 13.8. The maximum absolute atomic E-state index is 9.59. The number of para-hydroxylation sites is 4. The fourth-order valence-corrected chi connectivity index (χ4v) is 7.93. The van der Waals surface area contributed by atoms with Crippen molar-refractivity contribution in [3.8, 4) is 51.0 Å². The van der Waals surface area contributed by atoms with Crippen LogP contribution in [0.25, 0.3) is 117 Å². The predicted octanol–water partition coefficient (Wildman–Crippen LogP) is 13.4. The molecule has 0 amide bonds. The second kappa shape index (κ2) is 12.3. The molecule has 12 rings (SSSR count). The Morgan fingerprint density at radius 1 is 0.421 bits per heavy atom. The summed E-state index contributed by atoms with van der Waals surface area (Å²) in [6.45, 7) is 0. The second-order valence-corrected chi connectivity index (χ2v) is 13.8. The van der Waals surface area contributed by atoms with Crippen LogP contribution in [0.2, 0.25) is 0 Å². The van der Waals surface area contributed by atoms with E-state index in [2.05, 4.69) is 0 Å². The molecule has 0 aliphatic carbocycles. The van der Waals surface area contributed by atoms with Crippen molar-refractivity contribution in [3.05, 3.63) is 182 Å². The molecule has 0 saturated carbocycles. The van der Waals surface area contributed by atoms with E-state index in [1.54, 1.807) is 10.6 Å². The van der Waals surface area contributed by atoms with E-state index in [1.165, 1.54) is 12.1 Å². The number of hydrogen-bond acceptors (Lipinski definition) is 5. The smallest absolute Gasteiger partial charge is 0.166 e. The van der Waals surface area contributed by atoms with E-state index in [-0.39, 0.29) is 91.9 Å². The van der Waals surface area contributed by atoms with Crippen molar-refractivity contribution in [2.45, 2.75) is 0 Å². The SMILES string of the molecule is [2H]c1ccc2oc3c(c([2H])c([2H])c4c5c([2H])c([2H])cc([2H])c5n(-c5cc(-c6cccc7c6oc6ccccc67)ccc5-c5nc(-c6ccccc6)nc(-c6ccccc6)n5)c34)c2c1[2H]. The largest absolute Gasteiger partial charge is 0.455 e. The van der Waals surface area contributed by atoms with Gasteiger partial charge in [-0.3, -0.25) is 0 Å². The minimum absolute atomic E-state index is 0.0736. The number of aromatic nitrogens is 4. The van der Waals surface area contributed by atoms with Crippen molar-refractivity contribution in [2.24, 2.45) is 0 Å². The summed E-state index contributed by atoms with van der Waals surface area (Å²) in [5.41, 5.74) is 6.18. The van der Waals surface area contributed by atoms with Crippen molar-refractivity contribution in [1.29, 1.82) is 0 Å². The van der Waals surface area contributed by atoms with Crippen LogP contribution in [0.1, 0.15) is 9.60 Å². The number of hydrogen-bond donors (Lipinski definition) is 0. The lowest BCUT2D eigenvalue weighted by Crippen LogP contribution is -2.04. The summed E-state index contributed by atoms with van der Waals surface area (Å²) in [5.74, 6) is 1.13. The van der Waals surface area contributed by atoms with Crippen LogP contribution in [0.3, 0.4) is 0 Å². The number of rotatable bonds is 5. The molecule has 0 N–H and O–H groups in total. The average Bonchev–Trinajstić information content (AvgIpc) is 4.03. The van der Waals surface area contributed by atoms with Gasteiger partial charge in [0.05, 0.1) is 26.3 Å². The van der Waals surface area contributed by atoms with Crippen LogP contribution in [-0.4, -0.2) is 19.5 Å². The van der Waals surface area contributed by atoms with Gasteiger partial charge in [0.2, 0.25) is 0 Å². The summed E-state index contributed by atoms with van der Waals surface area (Å²) in [6.07, 6.45) is 0. The minimum Gasteiger partial charge on any atom is -0.455 e. The average molecular weight is 738 g/mol. The van der Waals surface area contributed by atoms with E-state index in [0.717, 1.165) is 38.6 Å². The standard InChI is InChI=1S/C51H30N4O2/c1-3-14-31(15-4-1)49-52-50(32-16-5-2-6-17-32)54-51(53-49)41-27-26-33(34-21-13-22-39-36-19-8-11-24-44(36)56-47(34)39)30-43(41)55-42-23-10-7-18-35(42)38-28-29-40-37-20-9-12-25-45(37)57-48(40)46(38)55/h1-30H/i7D,9D,18D,20D,23D,28D,29D. The Labute approximate surface area is 335 Å². The van der Waals surface area contributed by atoms with Crippen molar-refractivity contribution in [1.82, 2.24) is 19.5 Å². The van der Waals surface area contributed by atoms with Gasteiger partial charge in [0, 0.05) is 54.6 Å². The normalized spacial score (nSPS) is 13.6. The zero-order valence-corrected chi connectivity index (χ0v) is 29.9. The lowest BCUT2D eigenvalue weighted by molar-refractivity contribution is 0.670. The van der Waals surface area contributed by atoms with E-state index in [4.69, 9.17) is 27.9 Å². The summed E-state index contributed by atoms with van der Waals surface area (Å²) in [4.78, 5) is 15.2. The van der Waals surface area contributed by atoms with Gasteiger partial charge in [0.15, 0.2) is 23.1 Å². The Hall–Kier alpha value is -7.83. The molecule has 6 nitrogen and oxygen atoms in total. The molecule has 12 aromatic rings. The summed E-state index contributed by atoms with van der Waals surface area (Å²) in [6, 6.07) is 41.8. The molecular weight excluding hydrogens is 701 g/mol. The van der Waals surface area contributed by atoms with Crippen LogP contribution in [0.4, 0.5) is 0 Å². The van der Waals surface area contributed by atoms with E-state index in [0.29, 0.717) is 28.5 Å². The van der Waals surface area contributed by atoms with Crippen LogP contribution in [-0.2, 0) is 0 Å². The molecule has 0 spiro atoms. The third-order valence-electron chi connectivity index (χ3n) is 10.5. The van der Waals surface area contributed by atoms with Crippen LogP contribution >= 0.6 is 0 Å². The first kappa shape index (κ1) is 25.3. The van der Waals surface area contributed by atoms with Gasteiger partial charge >= 0.3 is 0 Å². The van der Waals surface area contributed by atoms with Crippen LogP contribution in [0.15, 0.2) is 191 Å². The molecule has 266 valence electrons. The first-order chi connectivity index (χ1) is 31.2. The Bertz CT molecular complexity index is 3880. The van der Waals surface area contributed by atoms with Gasteiger partial charge in [0.1, 0.15) is 16.7 Å². The van der Waals surface area contributed by atoms with E-state index < -0.39 is 0 Å². The maximum atomic E-state index is 9.59. The van der Waals surface area contributed by atoms with Gasteiger partial charge in [-0.05, 0) is 41.9 Å². The highest BCUT2D eigenvalue weighted by Crippen LogP contribution is 2.44. The third-order valence-corrected chi connectivity index (χ3v) is 10.5. The van der Waals surface area contributed by atoms with Crippen LogP contribution < -0.4 is 0 Å². The van der Waals surface area contributed by atoms with Crippen LogP contribution in [0.5, 0.6) is 0 Å². The molecule has 8 aromatic carbocycles. The predicted molar refractivity (Wildman–Crippen MR) is 230 cm³/mol. The number of nitrogens with zero attached hydrogens (tertiary/aromatic N) is 4. The molecule has 0 aliphatic heterocycles. The molecule has 0 saturated heterocycles. The number of furan rings is 2.